The van der Waals surface area contributed by atoms with Crippen molar-refractivity contribution in [3.8, 4) is 0 Å². The van der Waals surface area contributed by atoms with Crippen LogP contribution >= 0.6 is 0 Å². The van der Waals surface area contributed by atoms with E-state index < -0.39 is 15.9 Å². The van der Waals surface area contributed by atoms with Gasteiger partial charge in [-0.25, -0.2) is 8.42 Å². The smallest absolute Gasteiger partial charge is 0.239 e. The normalized spacial score (nSPS) is 17.5. The van der Waals surface area contributed by atoms with E-state index in [-0.39, 0.29) is 29.6 Å². The summed E-state index contributed by atoms with van der Waals surface area (Å²) in [4.78, 5) is 20.4. The molecule has 8 nitrogen and oxygen atoms in total. The van der Waals surface area contributed by atoms with Crippen molar-refractivity contribution in [3.05, 3.63) is 114 Å². The van der Waals surface area contributed by atoms with Crippen molar-refractivity contribution < 1.29 is 13.2 Å². The third-order valence-electron chi connectivity index (χ3n) is 8.36. The molecule has 5 rings (SSSR count). The van der Waals surface area contributed by atoms with E-state index in [9.17, 15) is 13.2 Å². The number of nitrogens with two attached hydrogens (primary N) is 2. The van der Waals surface area contributed by atoms with E-state index in [0.29, 0.717) is 50.2 Å². The van der Waals surface area contributed by atoms with Crippen LogP contribution in [0.15, 0.2) is 113 Å². The van der Waals surface area contributed by atoms with Gasteiger partial charge in [0.2, 0.25) is 5.91 Å². The molecule has 1 heterocycles. The summed E-state index contributed by atoms with van der Waals surface area (Å²) < 4.78 is 26.8. The van der Waals surface area contributed by atoms with Gasteiger partial charge >= 0.3 is 0 Å². The number of benzene rings is 4. The summed E-state index contributed by atoms with van der Waals surface area (Å²) in [7, 11) is -3.51. The maximum Gasteiger partial charge on any atom is 0.239 e. The van der Waals surface area contributed by atoms with Gasteiger partial charge in [-0.3, -0.25) is 9.79 Å². The fourth-order valence-corrected chi connectivity index (χ4v) is 7.38. The van der Waals surface area contributed by atoms with Crippen LogP contribution in [0.5, 0.6) is 0 Å². The maximum absolute atomic E-state index is 14.0. The van der Waals surface area contributed by atoms with E-state index in [1.807, 2.05) is 71.6 Å². The second kappa shape index (κ2) is 14.5. The molecule has 1 aliphatic heterocycles. The quantitative estimate of drug-likeness (QED) is 0.123. The number of rotatable bonds is 12. The number of hydrogen-bond acceptors (Lipinski definition) is 5. The van der Waals surface area contributed by atoms with Crippen LogP contribution in [0.1, 0.15) is 42.7 Å². The number of carbonyl (C=O) groups excluding carboxylic acids is 1. The number of aliphatic imine (C=N–C) groups is 1. The molecule has 9 heteroatoms. The number of guanidine groups is 1. The van der Waals surface area contributed by atoms with E-state index in [1.54, 1.807) is 12.1 Å². The Morgan fingerprint density at radius 2 is 1.50 bits per heavy atom. The Hall–Kier alpha value is -4.21. The zero-order chi connectivity index (χ0) is 30.9. The Kier molecular flexibility index (Phi) is 10.3. The molecule has 4 aromatic carbocycles. The second-order valence-corrected chi connectivity index (χ2v) is 13.5. The summed E-state index contributed by atoms with van der Waals surface area (Å²) >= 11 is 0. The molecule has 4 aromatic rings. The highest BCUT2D eigenvalue weighted by Crippen LogP contribution is 2.28. The van der Waals surface area contributed by atoms with Crippen molar-refractivity contribution in [1.29, 1.82) is 0 Å². The molecule has 5 N–H and O–H groups in total. The Morgan fingerprint density at radius 1 is 0.864 bits per heavy atom. The Morgan fingerprint density at radius 3 is 2.16 bits per heavy atom. The highest BCUT2D eigenvalue weighted by molar-refractivity contribution is 7.91. The SMILES string of the molecule is NC(N)=NCCC[C@@H]1N[C@H](CCS(=O)(=O)c2ccc3ccccc3c2)CCN(CC(c2ccccc2)c2ccccc2)C1=O. The molecular formula is C35H41N5O3S. The zero-order valence-corrected chi connectivity index (χ0v) is 25.7. The lowest BCUT2D eigenvalue weighted by atomic mass is 9.90. The third kappa shape index (κ3) is 8.03. The van der Waals surface area contributed by atoms with Crippen LogP contribution in [0, 0.1) is 0 Å². The monoisotopic (exact) mass is 611 g/mol. The second-order valence-electron chi connectivity index (χ2n) is 11.4. The predicted molar refractivity (Wildman–Crippen MR) is 177 cm³/mol. The summed E-state index contributed by atoms with van der Waals surface area (Å²) in [6, 6.07) is 32.9. The molecule has 1 amide bonds. The summed E-state index contributed by atoms with van der Waals surface area (Å²) in [5.41, 5.74) is 13.3. The fourth-order valence-electron chi connectivity index (χ4n) is 5.97. The van der Waals surface area contributed by atoms with E-state index in [4.69, 9.17) is 11.5 Å². The van der Waals surface area contributed by atoms with Crippen molar-refractivity contribution in [1.82, 2.24) is 10.2 Å². The Bertz CT molecular complexity index is 1640. The minimum absolute atomic E-state index is 0.00538. The predicted octanol–water partition coefficient (Wildman–Crippen LogP) is 4.45. The molecule has 0 saturated carbocycles. The fraction of sp³-hybridized carbons (Fsp3) is 0.314. The minimum Gasteiger partial charge on any atom is -0.370 e. The third-order valence-corrected chi connectivity index (χ3v) is 10.1. The first kappa shape index (κ1) is 31.2. The van der Waals surface area contributed by atoms with E-state index in [1.165, 1.54) is 0 Å². The largest absolute Gasteiger partial charge is 0.370 e. The molecular weight excluding hydrogens is 570 g/mol. The number of fused-ring (bicyclic) bond motifs is 1. The summed E-state index contributed by atoms with van der Waals surface area (Å²) in [5, 5.41) is 5.42. The van der Waals surface area contributed by atoms with Gasteiger partial charge in [0.1, 0.15) is 0 Å². The number of nitrogens with zero attached hydrogens (tertiary/aromatic N) is 2. The lowest BCUT2D eigenvalue weighted by molar-refractivity contribution is -0.133. The van der Waals surface area contributed by atoms with Crippen molar-refractivity contribution in [2.24, 2.45) is 16.5 Å². The Labute approximate surface area is 260 Å². The molecule has 0 aliphatic carbocycles. The average molecular weight is 612 g/mol. The number of carbonyl (C=O) groups is 1. The van der Waals surface area contributed by atoms with Crippen LogP contribution < -0.4 is 16.8 Å². The number of nitrogens with one attached hydrogen (secondary N) is 1. The van der Waals surface area contributed by atoms with Gasteiger partial charge < -0.3 is 21.7 Å². The summed E-state index contributed by atoms with van der Waals surface area (Å²) in [6.07, 6.45) is 2.22. The molecule has 230 valence electrons. The van der Waals surface area contributed by atoms with Gasteiger partial charge in [-0.15, -0.1) is 0 Å². The zero-order valence-electron chi connectivity index (χ0n) is 24.9. The van der Waals surface area contributed by atoms with Gasteiger partial charge in [-0.2, -0.15) is 0 Å². The first-order valence-corrected chi connectivity index (χ1v) is 16.9. The molecule has 44 heavy (non-hydrogen) atoms. The van der Waals surface area contributed by atoms with Gasteiger partial charge in [0.15, 0.2) is 15.8 Å². The van der Waals surface area contributed by atoms with Crippen LogP contribution in [-0.4, -0.2) is 62.7 Å². The van der Waals surface area contributed by atoms with Gasteiger partial charge in [-0.05, 0) is 59.7 Å². The molecule has 1 fully saturated rings. The van der Waals surface area contributed by atoms with Crippen LogP contribution in [0.25, 0.3) is 10.8 Å². The van der Waals surface area contributed by atoms with E-state index in [0.717, 1.165) is 21.9 Å². The first-order valence-electron chi connectivity index (χ1n) is 15.2. The molecule has 0 spiro atoms. The average Bonchev–Trinajstić information content (AvgIpc) is 3.19. The minimum atomic E-state index is -3.51. The van der Waals surface area contributed by atoms with E-state index >= 15 is 0 Å². The van der Waals surface area contributed by atoms with Crippen molar-refractivity contribution in [2.45, 2.75) is 48.6 Å². The Balaban J connectivity index is 1.34. The molecule has 0 unspecified atom stereocenters. The number of amides is 1. The maximum atomic E-state index is 14.0. The van der Waals surface area contributed by atoms with Crippen molar-refractivity contribution in [2.75, 3.05) is 25.4 Å². The summed E-state index contributed by atoms with van der Waals surface area (Å²) in [5.74, 6) is 0.0474. The topological polar surface area (TPSA) is 131 Å². The van der Waals surface area contributed by atoms with Crippen LogP contribution in [-0.2, 0) is 14.6 Å². The number of sulfone groups is 1. The van der Waals surface area contributed by atoms with Crippen LogP contribution in [0.4, 0.5) is 0 Å². The van der Waals surface area contributed by atoms with Crippen molar-refractivity contribution >= 4 is 32.5 Å². The summed E-state index contributed by atoms with van der Waals surface area (Å²) in [6.45, 7) is 1.49. The molecule has 2 atom stereocenters. The standard InChI is InChI=1S/C35H41N5O3S/c36-35(37)38-21-9-16-33-34(41)40(25-32(27-11-3-1-4-12-27)28-13-5-2-6-14-28)22-19-30(39-33)20-23-44(42,43)31-18-17-26-10-7-8-15-29(26)24-31/h1-8,10-15,17-18,24,30,32-33,39H,9,16,19-23,25H2,(H4,36,37,38)/t30-,33-/m0/s1. The van der Waals surface area contributed by atoms with E-state index in [2.05, 4.69) is 34.6 Å². The van der Waals surface area contributed by atoms with Gasteiger partial charge in [0.25, 0.3) is 0 Å². The first-order chi connectivity index (χ1) is 21.3. The van der Waals surface area contributed by atoms with Crippen LogP contribution in [0.3, 0.4) is 0 Å². The number of hydrogen-bond donors (Lipinski definition) is 3. The lowest BCUT2D eigenvalue weighted by Gasteiger charge is -2.29. The molecule has 1 saturated heterocycles. The highest BCUT2D eigenvalue weighted by Gasteiger charge is 2.33. The van der Waals surface area contributed by atoms with Crippen LogP contribution in [0.2, 0.25) is 0 Å². The van der Waals surface area contributed by atoms with Gasteiger partial charge in [0, 0.05) is 31.6 Å². The van der Waals surface area contributed by atoms with Gasteiger partial charge in [-0.1, -0.05) is 91.0 Å². The molecule has 0 bridgehead atoms. The van der Waals surface area contributed by atoms with Crippen molar-refractivity contribution in [3.63, 3.8) is 0 Å². The molecule has 0 aromatic heterocycles. The highest BCUT2D eigenvalue weighted by atomic mass is 32.2. The lowest BCUT2D eigenvalue weighted by Crippen LogP contribution is -2.47. The van der Waals surface area contributed by atoms with Gasteiger partial charge in [0.05, 0.1) is 16.7 Å². The molecule has 0 radical (unpaired) electrons. The molecule has 1 aliphatic rings.